The van der Waals surface area contributed by atoms with Gasteiger partial charge in [-0.05, 0) is 40.7 Å². The number of ether oxygens (including phenoxy) is 1. The number of Topliss-reactive ketones (excluding diaryl/α,β-unsaturated/α-hetero) is 1. The lowest BCUT2D eigenvalue weighted by molar-refractivity contribution is -0.119. The van der Waals surface area contributed by atoms with E-state index >= 15 is 0 Å². The van der Waals surface area contributed by atoms with Crippen LogP contribution in [-0.4, -0.2) is 19.0 Å². The zero-order valence-corrected chi connectivity index (χ0v) is 11.4. The van der Waals surface area contributed by atoms with Gasteiger partial charge in [0.15, 0.2) is 0 Å². The van der Waals surface area contributed by atoms with Gasteiger partial charge in [0.1, 0.15) is 5.78 Å². The highest BCUT2D eigenvalue weighted by molar-refractivity contribution is 9.10. The summed E-state index contributed by atoms with van der Waals surface area (Å²) in [6, 6.07) is 1.98. The number of carbonyl (C=O) groups excluding carboxylic acids is 1. The van der Waals surface area contributed by atoms with Gasteiger partial charge in [0.2, 0.25) is 0 Å². The molecule has 1 aromatic heterocycles. The van der Waals surface area contributed by atoms with Crippen molar-refractivity contribution in [3.63, 3.8) is 0 Å². The molecule has 0 aromatic carbocycles. The SMILES string of the molecule is COC(C)CCC(=O)Cc1sccc1Br. The topological polar surface area (TPSA) is 26.3 Å². The summed E-state index contributed by atoms with van der Waals surface area (Å²) in [4.78, 5) is 12.7. The Bertz CT molecular complexity index is 322. The van der Waals surface area contributed by atoms with Gasteiger partial charge >= 0.3 is 0 Å². The smallest absolute Gasteiger partial charge is 0.138 e. The van der Waals surface area contributed by atoms with Gasteiger partial charge in [-0.25, -0.2) is 0 Å². The van der Waals surface area contributed by atoms with Crippen LogP contribution in [0.5, 0.6) is 0 Å². The van der Waals surface area contributed by atoms with E-state index in [1.165, 1.54) is 0 Å². The Morgan fingerprint density at radius 3 is 2.93 bits per heavy atom. The van der Waals surface area contributed by atoms with E-state index in [1.54, 1.807) is 18.4 Å². The summed E-state index contributed by atoms with van der Waals surface area (Å²) in [7, 11) is 1.67. The van der Waals surface area contributed by atoms with E-state index in [-0.39, 0.29) is 11.9 Å². The minimum absolute atomic E-state index is 0.167. The molecule has 1 atom stereocenters. The lowest BCUT2D eigenvalue weighted by Gasteiger charge is -2.07. The lowest BCUT2D eigenvalue weighted by Crippen LogP contribution is -2.09. The number of hydrogen-bond donors (Lipinski definition) is 0. The van der Waals surface area contributed by atoms with Gasteiger partial charge in [-0.1, -0.05) is 0 Å². The van der Waals surface area contributed by atoms with Crippen molar-refractivity contribution >= 4 is 33.0 Å². The van der Waals surface area contributed by atoms with Crippen molar-refractivity contribution in [2.75, 3.05) is 7.11 Å². The molecule has 84 valence electrons. The maximum Gasteiger partial charge on any atom is 0.138 e. The molecule has 0 fully saturated rings. The highest BCUT2D eigenvalue weighted by atomic mass is 79.9. The minimum atomic E-state index is 0.167. The molecule has 1 heterocycles. The van der Waals surface area contributed by atoms with Gasteiger partial charge in [-0.2, -0.15) is 0 Å². The molecule has 0 amide bonds. The maximum absolute atomic E-state index is 11.6. The van der Waals surface area contributed by atoms with Crippen molar-refractivity contribution in [1.82, 2.24) is 0 Å². The Balaban J connectivity index is 2.34. The normalized spacial score (nSPS) is 12.7. The van der Waals surface area contributed by atoms with Crippen LogP contribution in [-0.2, 0) is 16.0 Å². The Labute approximate surface area is 103 Å². The summed E-state index contributed by atoms with van der Waals surface area (Å²) in [5.41, 5.74) is 0. The van der Waals surface area contributed by atoms with Crippen molar-refractivity contribution in [2.24, 2.45) is 0 Å². The second kappa shape index (κ2) is 6.40. The van der Waals surface area contributed by atoms with E-state index in [1.807, 2.05) is 18.4 Å². The van der Waals surface area contributed by atoms with Gasteiger partial charge in [0, 0.05) is 29.3 Å². The first-order valence-corrected chi connectivity index (χ1v) is 6.57. The molecular formula is C11H15BrO2S. The molecule has 0 aliphatic rings. The molecule has 0 radical (unpaired) electrons. The van der Waals surface area contributed by atoms with E-state index < -0.39 is 0 Å². The molecule has 1 unspecified atom stereocenters. The summed E-state index contributed by atoms with van der Waals surface area (Å²) >= 11 is 5.04. The highest BCUT2D eigenvalue weighted by Crippen LogP contribution is 2.23. The molecular weight excluding hydrogens is 276 g/mol. The third-order valence-corrected chi connectivity index (χ3v) is 4.21. The van der Waals surface area contributed by atoms with Crippen LogP contribution < -0.4 is 0 Å². The number of halogens is 1. The fourth-order valence-corrected chi connectivity index (χ4v) is 2.72. The van der Waals surface area contributed by atoms with Crippen molar-refractivity contribution < 1.29 is 9.53 Å². The van der Waals surface area contributed by atoms with Gasteiger partial charge in [-0.3, -0.25) is 4.79 Å². The van der Waals surface area contributed by atoms with Crippen LogP contribution in [0, 0.1) is 0 Å². The molecule has 15 heavy (non-hydrogen) atoms. The first kappa shape index (κ1) is 12.9. The molecule has 0 saturated carbocycles. The zero-order valence-electron chi connectivity index (χ0n) is 8.96. The van der Waals surface area contributed by atoms with Crippen LogP contribution in [0.1, 0.15) is 24.6 Å². The van der Waals surface area contributed by atoms with E-state index in [0.717, 1.165) is 15.8 Å². The number of thiophene rings is 1. The molecule has 0 N–H and O–H groups in total. The number of ketones is 1. The van der Waals surface area contributed by atoms with Gasteiger partial charge in [0.05, 0.1) is 6.10 Å². The number of methoxy groups -OCH3 is 1. The van der Waals surface area contributed by atoms with Crippen LogP contribution in [0.2, 0.25) is 0 Å². The monoisotopic (exact) mass is 290 g/mol. The summed E-state index contributed by atoms with van der Waals surface area (Å²) < 4.78 is 6.14. The number of hydrogen-bond acceptors (Lipinski definition) is 3. The fourth-order valence-electron chi connectivity index (χ4n) is 1.20. The van der Waals surface area contributed by atoms with Gasteiger partial charge in [0.25, 0.3) is 0 Å². The predicted octanol–water partition coefficient (Wildman–Crippen LogP) is 3.44. The van der Waals surface area contributed by atoms with E-state index in [0.29, 0.717) is 12.8 Å². The highest BCUT2D eigenvalue weighted by Gasteiger charge is 2.09. The Kier molecular flexibility index (Phi) is 5.50. The number of rotatable bonds is 6. The summed E-state index contributed by atoms with van der Waals surface area (Å²) in [5, 5.41) is 1.99. The average Bonchev–Trinajstić information content (AvgIpc) is 2.61. The standard InChI is InChI=1S/C11H15BrO2S/c1-8(14-2)3-4-9(13)7-11-10(12)5-6-15-11/h5-6,8H,3-4,7H2,1-2H3. The molecule has 1 rings (SSSR count). The van der Waals surface area contributed by atoms with E-state index in [4.69, 9.17) is 4.74 Å². The zero-order chi connectivity index (χ0) is 11.3. The van der Waals surface area contributed by atoms with E-state index in [9.17, 15) is 4.79 Å². The molecule has 2 nitrogen and oxygen atoms in total. The van der Waals surface area contributed by atoms with Crippen molar-refractivity contribution in [3.05, 3.63) is 20.8 Å². The first-order chi connectivity index (χ1) is 7.13. The van der Waals surface area contributed by atoms with Gasteiger partial charge in [-0.15, -0.1) is 11.3 Å². The molecule has 0 aliphatic carbocycles. The Hall–Kier alpha value is -0.190. The molecule has 1 aromatic rings. The predicted molar refractivity (Wildman–Crippen MR) is 66.4 cm³/mol. The molecule has 0 bridgehead atoms. The van der Waals surface area contributed by atoms with Crippen molar-refractivity contribution in [3.8, 4) is 0 Å². The van der Waals surface area contributed by atoms with E-state index in [2.05, 4.69) is 15.9 Å². The van der Waals surface area contributed by atoms with Crippen LogP contribution in [0.25, 0.3) is 0 Å². The summed E-state index contributed by atoms with van der Waals surface area (Å²) in [6.45, 7) is 1.98. The van der Waals surface area contributed by atoms with Crippen LogP contribution in [0.15, 0.2) is 15.9 Å². The minimum Gasteiger partial charge on any atom is -0.382 e. The Morgan fingerprint density at radius 2 is 2.40 bits per heavy atom. The second-order valence-corrected chi connectivity index (χ2v) is 5.35. The number of carbonyl (C=O) groups is 1. The molecule has 0 spiro atoms. The van der Waals surface area contributed by atoms with Crippen LogP contribution in [0.3, 0.4) is 0 Å². The average molecular weight is 291 g/mol. The quantitative estimate of drug-likeness (QED) is 0.802. The van der Waals surface area contributed by atoms with Crippen molar-refractivity contribution in [1.29, 1.82) is 0 Å². The maximum atomic E-state index is 11.6. The van der Waals surface area contributed by atoms with Crippen molar-refractivity contribution in [2.45, 2.75) is 32.3 Å². The van der Waals surface area contributed by atoms with Crippen LogP contribution >= 0.6 is 27.3 Å². The largest absolute Gasteiger partial charge is 0.382 e. The van der Waals surface area contributed by atoms with Crippen LogP contribution in [0.4, 0.5) is 0 Å². The summed E-state index contributed by atoms with van der Waals surface area (Å²) in [5.74, 6) is 0.280. The lowest BCUT2D eigenvalue weighted by atomic mass is 10.1. The van der Waals surface area contributed by atoms with Gasteiger partial charge < -0.3 is 4.74 Å². The third kappa shape index (κ3) is 4.45. The second-order valence-electron chi connectivity index (χ2n) is 3.49. The third-order valence-electron chi connectivity index (χ3n) is 2.28. The molecule has 0 saturated heterocycles. The Morgan fingerprint density at radius 1 is 1.67 bits per heavy atom. The molecule has 0 aliphatic heterocycles. The fraction of sp³-hybridized carbons (Fsp3) is 0.545. The molecule has 4 heteroatoms. The first-order valence-electron chi connectivity index (χ1n) is 4.90. The summed E-state index contributed by atoms with van der Waals surface area (Å²) in [6.07, 6.45) is 2.10.